The number of nitrogens with one attached hydrogen (secondary N) is 1. The molecule has 0 bridgehead atoms. The topological polar surface area (TPSA) is 125 Å². The molecule has 0 heterocycles. The molecule has 2 aromatic rings. The first-order valence-corrected chi connectivity index (χ1v) is 10.0. The number of rotatable bonds is 8. The van der Waals surface area contributed by atoms with E-state index in [0.29, 0.717) is 11.3 Å². The molecule has 150 valence electrons. The molecular formula is C18H22N4O5S. The highest BCUT2D eigenvalue weighted by Gasteiger charge is 2.25. The molecule has 0 saturated heterocycles. The van der Waals surface area contributed by atoms with Gasteiger partial charge in [0.25, 0.3) is 5.69 Å². The lowest BCUT2D eigenvalue weighted by atomic mass is 10.1. The van der Waals surface area contributed by atoms with Crippen molar-refractivity contribution < 1.29 is 18.4 Å². The van der Waals surface area contributed by atoms with Gasteiger partial charge in [0.1, 0.15) is 11.4 Å². The van der Waals surface area contributed by atoms with E-state index < -0.39 is 20.6 Å². The molecule has 2 N–H and O–H groups in total. The molecule has 2 rings (SSSR count). The quantitative estimate of drug-likeness (QED) is 0.394. The molecule has 0 atom stereocenters. The third kappa shape index (κ3) is 4.46. The Morgan fingerprint density at radius 2 is 1.86 bits per heavy atom. The van der Waals surface area contributed by atoms with Gasteiger partial charge < -0.3 is 5.11 Å². The molecule has 9 nitrogen and oxygen atoms in total. The van der Waals surface area contributed by atoms with Crippen molar-refractivity contribution in [3.63, 3.8) is 0 Å². The van der Waals surface area contributed by atoms with Gasteiger partial charge in [-0.05, 0) is 31.2 Å². The Kier molecular flexibility index (Phi) is 6.71. The first-order valence-electron chi connectivity index (χ1n) is 8.59. The molecule has 0 aliphatic heterocycles. The normalized spacial score (nSPS) is 12.2. The summed E-state index contributed by atoms with van der Waals surface area (Å²) in [5.41, 5.74) is 3.09. The van der Waals surface area contributed by atoms with E-state index in [-0.39, 0.29) is 29.4 Å². The molecule has 0 aliphatic rings. The van der Waals surface area contributed by atoms with Gasteiger partial charge in [-0.2, -0.15) is 9.41 Å². The summed E-state index contributed by atoms with van der Waals surface area (Å²) < 4.78 is 26.4. The van der Waals surface area contributed by atoms with Crippen LogP contribution in [0.15, 0.2) is 52.5 Å². The summed E-state index contributed by atoms with van der Waals surface area (Å²) in [4.78, 5) is 10.6. The smallest absolute Gasteiger partial charge is 0.295 e. The van der Waals surface area contributed by atoms with Crippen LogP contribution in [0.3, 0.4) is 0 Å². The van der Waals surface area contributed by atoms with Crippen LogP contribution in [-0.2, 0) is 10.0 Å². The molecular weight excluding hydrogens is 384 g/mol. The van der Waals surface area contributed by atoms with E-state index in [9.17, 15) is 23.6 Å². The van der Waals surface area contributed by atoms with Crippen LogP contribution in [0, 0.1) is 10.1 Å². The first-order chi connectivity index (χ1) is 13.2. The van der Waals surface area contributed by atoms with Gasteiger partial charge in [-0.25, -0.2) is 8.42 Å². The number of hydrogen-bond acceptors (Lipinski definition) is 7. The predicted molar refractivity (Wildman–Crippen MR) is 107 cm³/mol. The van der Waals surface area contributed by atoms with Gasteiger partial charge in [0.2, 0.25) is 10.0 Å². The van der Waals surface area contributed by atoms with Crippen molar-refractivity contribution >= 4 is 27.1 Å². The van der Waals surface area contributed by atoms with Gasteiger partial charge in [-0.15, -0.1) is 0 Å². The highest BCUT2D eigenvalue weighted by atomic mass is 32.2. The fourth-order valence-electron chi connectivity index (χ4n) is 2.61. The van der Waals surface area contributed by atoms with Crippen LogP contribution in [0.5, 0.6) is 5.75 Å². The average Bonchev–Trinajstić information content (AvgIpc) is 2.67. The van der Waals surface area contributed by atoms with E-state index in [1.807, 2.05) is 0 Å². The molecule has 0 spiro atoms. The van der Waals surface area contributed by atoms with Crippen LogP contribution < -0.4 is 5.43 Å². The molecule has 0 amide bonds. The van der Waals surface area contributed by atoms with Crippen molar-refractivity contribution in [3.8, 4) is 5.75 Å². The summed E-state index contributed by atoms with van der Waals surface area (Å²) in [7, 11) is -3.82. The lowest BCUT2D eigenvalue weighted by Gasteiger charge is -2.18. The number of aromatic hydroxyl groups is 1. The van der Waals surface area contributed by atoms with E-state index in [0.717, 1.165) is 6.07 Å². The molecule has 0 unspecified atom stereocenters. The van der Waals surface area contributed by atoms with Crippen LogP contribution in [0.25, 0.3) is 0 Å². The van der Waals surface area contributed by atoms with Gasteiger partial charge in [-0.3, -0.25) is 15.5 Å². The number of nitrogens with zero attached hydrogens (tertiary/aromatic N) is 3. The minimum absolute atomic E-state index is 0.0284. The van der Waals surface area contributed by atoms with Gasteiger partial charge in [0.15, 0.2) is 0 Å². The fourth-order valence-corrected chi connectivity index (χ4v) is 4.09. The molecule has 0 fully saturated rings. The number of hydrazone groups is 1. The summed E-state index contributed by atoms with van der Waals surface area (Å²) in [6, 6.07) is 10.2. The van der Waals surface area contributed by atoms with Crippen molar-refractivity contribution in [2.75, 3.05) is 18.5 Å². The Balaban J connectivity index is 2.40. The van der Waals surface area contributed by atoms with Crippen molar-refractivity contribution in [2.24, 2.45) is 5.10 Å². The monoisotopic (exact) mass is 406 g/mol. The zero-order chi connectivity index (χ0) is 20.9. The van der Waals surface area contributed by atoms with E-state index in [1.165, 1.54) is 22.5 Å². The summed E-state index contributed by atoms with van der Waals surface area (Å²) in [6.45, 7) is 5.55. The summed E-state index contributed by atoms with van der Waals surface area (Å²) >= 11 is 0. The van der Waals surface area contributed by atoms with Crippen LogP contribution in [0.4, 0.5) is 11.4 Å². The Morgan fingerprint density at radius 3 is 2.43 bits per heavy atom. The summed E-state index contributed by atoms with van der Waals surface area (Å²) in [5.74, 6) is 0.0284. The van der Waals surface area contributed by atoms with Gasteiger partial charge >= 0.3 is 0 Å². The second kappa shape index (κ2) is 8.81. The summed E-state index contributed by atoms with van der Waals surface area (Å²) in [6.07, 6.45) is 0. The Labute approximate surface area is 163 Å². The lowest BCUT2D eigenvalue weighted by molar-refractivity contribution is -0.384. The van der Waals surface area contributed by atoms with Crippen LogP contribution in [0.2, 0.25) is 0 Å². The largest absolute Gasteiger partial charge is 0.507 e. The Morgan fingerprint density at radius 1 is 1.21 bits per heavy atom. The second-order valence-electron chi connectivity index (χ2n) is 5.85. The Bertz CT molecular complexity index is 1000. The zero-order valence-electron chi connectivity index (χ0n) is 15.8. The van der Waals surface area contributed by atoms with Crippen molar-refractivity contribution in [3.05, 3.63) is 58.1 Å². The zero-order valence-corrected chi connectivity index (χ0v) is 16.6. The lowest BCUT2D eigenvalue weighted by Crippen LogP contribution is -2.30. The number of benzene rings is 2. The number of nitro benzene ring substituents is 1. The number of phenols is 1. The number of nitro groups is 1. The maximum Gasteiger partial charge on any atom is 0.295 e. The van der Waals surface area contributed by atoms with Crippen molar-refractivity contribution in [1.29, 1.82) is 0 Å². The van der Waals surface area contributed by atoms with Crippen molar-refractivity contribution in [2.45, 2.75) is 25.7 Å². The minimum Gasteiger partial charge on any atom is -0.507 e. The van der Waals surface area contributed by atoms with E-state index >= 15 is 0 Å². The van der Waals surface area contributed by atoms with Crippen LogP contribution in [0.1, 0.15) is 26.3 Å². The van der Waals surface area contributed by atoms with Crippen LogP contribution >= 0.6 is 0 Å². The highest BCUT2D eigenvalue weighted by Crippen LogP contribution is 2.29. The highest BCUT2D eigenvalue weighted by molar-refractivity contribution is 7.89. The van der Waals surface area contributed by atoms with Gasteiger partial charge in [0.05, 0.1) is 15.5 Å². The third-order valence-corrected chi connectivity index (χ3v) is 6.19. The number of phenolic OH excluding ortho intramolecular Hbond substituents is 1. The van der Waals surface area contributed by atoms with E-state index in [2.05, 4.69) is 10.5 Å². The average molecular weight is 406 g/mol. The minimum atomic E-state index is -3.82. The number of sulfonamides is 1. The maximum atomic E-state index is 12.6. The molecule has 0 saturated carbocycles. The SMILES string of the molecule is CCN(CC)S(=O)(=O)c1ccc(N/N=C(\C)c2ccccc2O)c([N+](=O)[O-])c1. The number of para-hydroxylation sites is 1. The molecule has 28 heavy (non-hydrogen) atoms. The molecule has 0 aliphatic carbocycles. The van der Waals surface area contributed by atoms with Gasteiger partial charge in [-0.1, -0.05) is 26.0 Å². The predicted octanol–water partition coefficient (Wildman–Crippen LogP) is 3.17. The van der Waals surface area contributed by atoms with Crippen LogP contribution in [-0.4, -0.2) is 41.6 Å². The first kappa shape index (κ1) is 21.3. The standard InChI is InChI=1S/C18H22N4O5S/c1-4-21(5-2)28(26,27)14-10-11-16(17(12-14)22(24)25)20-19-13(3)15-8-6-7-9-18(15)23/h6-12,20,23H,4-5H2,1-3H3/b19-13+. The number of anilines is 1. The second-order valence-corrected chi connectivity index (χ2v) is 7.79. The molecule has 10 heteroatoms. The van der Waals surface area contributed by atoms with Crippen molar-refractivity contribution in [1.82, 2.24) is 4.31 Å². The molecule has 0 aromatic heterocycles. The molecule has 0 radical (unpaired) electrons. The van der Waals surface area contributed by atoms with E-state index in [1.54, 1.807) is 39.0 Å². The Hall–Kier alpha value is -2.98. The maximum absolute atomic E-state index is 12.6. The molecule has 2 aromatic carbocycles. The third-order valence-electron chi connectivity index (χ3n) is 4.15. The van der Waals surface area contributed by atoms with E-state index in [4.69, 9.17) is 0 Å². The fraction of sp³-hybridized carbons (Fsp3) is 0.278. The number of hydrogen-bond donors (Lipinski definition) is 2. The summed E-state index contributed by atoms with van der Waals surface area (Å²) in [5, 5.41) is 25.4. The van der Waals surface area contributed by atoms with Gasteiger partial charge in [0, 0.05) is 24.7 Å².